The Hall–Kier alpha value is -1.55. The van der Waals surface area contributed by atoms with Gasteiger partial charge in [-0.2, -0.15) is 0 Å². The maximum atomic E-state index is 6.47. The van der Waals surface area contributed by atoms with E-state index in [1.54, 1.807) is 0 Å². The zero-order valence-electron chi connectivity index (χ0n) is 19.9. The molecule has 5 atom stereocenters. The number of hydrogen-bond donors (Lipinski definition) is 0. The molecule has 0 bridgehead atoms. The Balaban J connectivity index is 1.38. The number of aryl methyl sites for hydroxylation is 3. The van der Waals surface area contributed by atoms with Crippen molar-refractivity contribution in [2.24, 2.45) is 5.16 Å². The molecule has 0 saturated carbocycles. The summed E-state index contributed by atoms with van der Waals surface area (Å²) >= 11 is 0. The summed E-state index contributed by atoms with van der Waals surface area (Å²) in [6.45, 7) is 14.4. The zero-order chi connectivity index (χ0) is 22.9. The first-order chi connectivity index (χ1) is 15.0. The van der Waals surface area contributed by atoms with Crippen molar-refractivity contribution >= 4 is 5.71 Å². The molecule has 1 aromatic rings. The third-order valence-electron chi connectivity index (χ3n) is 6.39. The summed E-state index contributed by atoms with van der Waals surface area (Å²) in [6.07, 6.45) is -1.33. The summed E-state index contributed by atoms with van der Waals surface area (Å²) in [5.74, 6) is -2.64. The van der Waals surface area contributed by atoms with E-state index in [0.717, 1.165) is 11.3 Å². The molecule has 4 aliphatic heterocycles. The van der Waals surface area contributed by atoms with Gasteiger partial charge in [-0.25, -0.2) is 0 Å². The Kier molecular flexibility index (Phi) is 5.20. The smallest absolute Gasteiger partial charge is 0.233 e. The maximum absolute atomic E-state index is 6.47. The molecule has 0 amide bonds. The second-order valence-electron chi connectivity index (χ2n) is 10.2. The maximum Gasteiger partial charge on any atom is 0.233 e. The van der Waals surface area contributed by atoms with Crippen LogP contribution < -0.4 is 0 Å². The molecular formula is C24H33NO7. The van der Waals surface area contributed by atoms with Crippen LogP contribution in [-0.2, 0) is 33.3 Å². The fourth-order valence-electron chi connectivity index (χ4n) is 5.32. The quantitative estimate of drug-likeness (QED) is 0.702. The first kappa shape index (κ1) is 22.3. The van der Waals surface area contributed by atoms with E-state index in [4.69, 9.17) is 33.3 Å². The molecule has 1 spiro atoms. The first-order valence-electron chi connectivity index (χ1n) is 11.3. The van der Waals surface area contributed by atoms with Gasteiger partial charge in [-0.15, -0.1) is 0 Å². The Morgan fingerprint density at radius 2 is 1.69 bits per heavy atom. The molecular weight excluding hydrogens is 414 g/mol. The minimum atomic E-state index is -1.10. The number of oxime groups is 1. The van der Waals surface area contributed by atoms with E-state index in [0.29, 0.717) is 13.0 Å². The van der Waals surface area contributed by atoms with Crippen LogP contribution in [0, 0.1) is 20.8 Å². The summed E-state index contributed by atoms with van der Waals surface area (Å²) in [4.78, 5) is 5.74. The molecule has 4 heterocycles. The van der Waals surface area contributed by atoms with E-state index in [1.165, 1.54) is 16.7 Å². The van der Waals surface area contributed by atoms with Crippen molar-refractivity contribution in [2.45, 2.75) is 96.9 Å². The van der Waals surface area contributed by atoms with Gasteiger partial charge >= 0.3 is 0 Å². The molecule has 32 heavy (non-hydrogen) atoms. The molecule has 4 aliphatic rings. The van der Waals surface area contributed by atoms with Gasteiger partial charge in [0.15, 0.2) is 11.6 Å². The largest absolute Gasteiger partial charge is 0.363 e. The lowest BCUT2D eigenvalue weighted by atomic mass is 9.94. The summed E-state index contributed by atoms with van der Waals surface area (Å²) in [7, 11) is 0. The summed E-state index contributed by atoms with van der Waals surface area (Å²) < 4.78 is 37.0. The number of nitrogens with zero attached hydrogens (tertiary/aromatic N) is 1. The summed E-state index contributed by atoms with van der Waals surface area (Å²) in [5, 5.41) is 4.37. The molecule has 8 heteroatoms. The highest BCUT2D eigenvalue weighted by Crippen LogP contribution is 2.46. The Morgan fingerprint density at radius 3 is 2.34 bits per heavy atom. The minimum Gasteiger partial charge on any atom is -0.363 e. The van der Waals surface area contributed by atoms with Crippen molar-refractivity contribution in [3.8, 4) is 0 Å². The highest BCUT2D eigenvalue weighted by molar-refractivity contribution is 6.03. The van der Waals surface area contributed by atoms with Gasteiger partial charge in [-0.05, 0) is 59.6 Å². The molecule has 5 rings (SSSR count). The first-order valence-corrected chi connectivity index (χ1v) is 11.3. The highest BCUT2D eigenvalue weighted by atomic mass is 16.9. The number of ether oxygens (including phenoxy) is 6. The SMILES string of the molecule is Cc1cc(C)c(C2=NO[C@@H](O[C@H]3[C@@H]4OC(C)(C)O[C@@H]4CO[C@]34COC(C)(C)O4)C2)c(C)c1. The summed E-state index contributed by atoms with van der Waals surface area (Å²) in [5.41, 5.74) is 5.56. The lowest BCUT2D eigenvalue weighted by molar-refractivity contribution is -0.353. The molecule has 0 aliphatic carbocycles. The Bertz CT molecular complexity index is 917. The van der Waals surface area contributed by atoms with Crippen molar-refractivity contribution in [3.63, 3.8) is 0 Å². The number of benzene rings is 1. The second kappa shape index (κ2) is 7.48. The number of rotatable bonds is 3. The monoisotopic (exact) mass is 447 g/mol. The summed E-state index contributed by atoms with van der Waals surface area (Å²) in [6, 6.07) is 4.32. The molecule has 8 nitrogen and oxygen atoms in total. The van der Waals surface area contributed by atoms with E-state index in [2.05, 4.69) is 38.1 Å². The van der Waals surface area contributed by atoms with Crippen LogP contribution in [0.5, 0.6) is 0 Å². The van der Waals surface area contributed by atoms with E-state index in [-0.39, 0.29) is 18.8 Å². The van der Waals surface area contributed by atoms with Crippen LogP contribution in [0.3, 0.4) is 0 Å². The predicted octanol–water partition coefficient (Wildman–Crippen LogP) is 3.48. The van der Waals surface area contributed by atoms with Crippen molar-refractivity contribution in [1.82, 2.24) is 0 Å². The molecule has 1 aromatic carbocycles. The van der Waals surface area contributed by atoms with Crippen molar-refractivity contribution in [3.05, 3.63) is 34.4 Å². The van der Waals surface area contributed by atoms with Crippen molar-refractivity contribution < 1.29 is 33.3 Å². The van der Waals surface area contributed by atoms with Gasteiger partial charge < -0.3 is 33.3 Å². The van der Waals surface area contributed by atoms with Crippen LogP contribution in [-0.4, -0.2) is 60.9 Å². The van der Waals surface area contributed by atoms with E-state index < -0.39 is 29.8 Å². The average Bonchev–Trinajstić information content (AvgIpc) is 3.33. The Morgan fingerprint density at radius 1 is 0.969 bits per heavy atom. The van der Waals surface area contributed by atoms with Crippen LogP contribution in [0.2, 0.25) is 0 Å². The molecule has 3 saturated heterocycles. The lowest BCUT2D eigenvalue weighted by Crippen LogP contribution is -2.63. The van der Waals surface area contributed by atoms with Crippen LogP contribution in [0.25, 0.3) is 0 Å². The highest BCUT2D eigenvalue weighted by Gasteiger charge is 2.64. The van der Waals surface area contributed by atoms with Gasteiger partial charge in [-0.1, -0.05) is 22.9 Å². The van der Waals surface area contributed by atoms with Gasteiger partial charge in [-0.3, -0.25) is 0 Å². The van der Waals surface area contributed by atoms with E-state index in [1.807, 2.05) is 27.7 Å². The van der Waals surface area contributed by atoms with Crippen LogP contribution in [0.15, 0.2) is 17.3 Å². The van der Waals surface area contributed by atoms with Crippen LogP contribution >= 0.6 is 0 Å². The van der Waals surface area contributed by atoms with Gasteiger partial charge in [0, 0.05) is 5.56 Å². The van der Waals surface area contributed by atoms with E-state index >= 15 is 0 Å². The topological polar surface area (TPSA) is 77.0 Å². The van der Waals surface area contributed by atoms with Crippen molar-refractivity contribution in [2.75, 3.05) is 13.2 Å². The van der Waals surface area contributed by atoms with Gasteiger partial charge in [0.1, 0.15) is 24.9 Å². The van der Waals surface area contributed by atoms with Gasteiger partial charge in [0.25, 0.3) is 0 Å². The van der Waals surface area contributed by atoms with E-state index in [9.17, 15) is 0 Å². The Labute approximate surface area is 189 Å². The lowest BCUT2D eigenvalue weighted by Gasteiger charge is -2.44. The molecule has 0 aromatic heterocycles. The second-order valence-corrected chi connectivity index (χ2v) is 10.2. The number of hydrogen-bond acceptors (Lipinski definition) is 8. The molecule has 176 valence electrons. The minimum absolute atomic E-state index is 0.230. The third-order valence-corrected chi connectivity index (χ3v) is 6.39. The third kappa shape index (κ3) is 3.87. The number of fused-ring (bicyclic) bond motifs is 1. The fraction of sp³-hybridized carbons (Fsp3) is 0.708. The average molecular weight is 448 g/mol. The predicted molar refractivity (Wildman–Crippen MR) is 115 cm³/mol. The van der Waals surface area contributed by atoms with Gasteiger partial charge in [0.05, 0.1) is 18.7 Å². The normalized spacial score (nSPS) is 37.4. The zero-order valence-corrected chi connectivity index (χ0v) is 19.9. The van der Waals surface area contributed by atoms with Gasteiger partial charge in [0.2, 0.25) is 12.1 Å². The molecule has 3 fully saturated rings. The molecule has 0 unspecified atom stereocenters. The van der Waals surface area contributed by atoms with Crippen LogP contribution in [0.1, 0.15) is 56.4 Å². The molecule has 0 N–H and O–H groups in total. The standard InChI is InChI=1S/C24H33NO7/c1-13-8-14(2)19(15(3)9-13)16-10-18(31-25-16)28-21-20-17(29-23(6,7)30-20)11-26-24(21)12-27-22(4,5)32-24/h8-9,17-18,20-21H,10-12H2,1-7H3/t17-,18-,20-,21+,24+/m1/s1. The van der Waals surface area contributed by atoms with Crippen LogP contribution in [0.4, 0.5) is 0 Å². The fourth-order valence-corrected chi connectivity index (χ4v) is 5.32. The molecule has 0 radical (unpaired) electrons. The van der Waals surface area contributed by atoms with Crippen molar-refractivity contribution in [1.29, 1.82) is 0 Å².